The minimum Gasteiger partial charge on any atom is -0.475 e. The van der Waals surface area contributed by atoms with Crippen molar-refractivity contribution in [1.29, 1.82) is 0 Å². The highest BCUT2D eigenvalue weighted by Crippen LogP contribution is 2.28. The first-order chi connectivity index (χ1) is 10.1. The van der Waals surface area contributed by atoms with Crippen LogP contribution in [0.25, 0.3) is 11.0 Å². The lowest BCUT2D eigenvalue weighted by Crippen LogP contribution is -2.31. The standard InChI is InChI=1S/C16H20N2O3/c1-17(2)11-7-8-18(9-11)10-13-12-5-3-4-6-14(12)21-15(13)16(19)20/h3-6,11H,7-10H2,1-2H3,(H,19,20). The van der Waals surface area contributed by atoms with Gasteiger partial charge in [-0.2, -0.15) is 0 Å². The van der Waals surface area contributed by atoms with Crippen LogP contribution in [0.4, 0.5) is 0 Å². The lowest BCUT2D eigenvalue weighted by Gasteiger charge is -2.20. The van der Waals surface area contributed by atoms with E-state index in [2.05, 4.69) is 23.9 Å². The van der Waals surface area contributed by atoms with Crippen molar-refractivity contribution in [3.8, 4) is 0 Å². The Bertz CT molecular complexity index is 663. The third-order valence-corrected chi connectivity index (χ3v) is 4.25. The lowest BCUT2D eigenvalue weighted by molar-refractivity contribution is 0.0662. The first-order valence-corrected chi connectivity index (χ1v) is 7.18. The average Bonchev–Trinajstić information content (AvgIpc) is 3.05. The molecule has 1 unspecified atom stereocenters. The maximum Gasteiger partial charge on any atom is 0.372 e. The van der Waals surface area contributed by atoms with Crippen molar-refractivity contribution in [2.24, 2.45) is 0 Å². The molecule has 1 N–H and O–H groups in total. The van der Waals surface area contributed by atoms with Gasteiger partial charge in [0.2, 0.25) is 5.76 Å². The normalized spacial score (nSPS) is 19.7. The molecule has 1 aliphatic heterocycles. The van der Waals surface area contributed by atoms with Gasteiger partial charge in [-0.25, -0.2) is 4.79 Å². The summed E-state index contributed by atoms with van der Waals surface area (Å²) in [5, 5.41) is 10.3. The maximum absolute atomic E-state index is 11.4. The van der Waals surface area contributed by atoms with Gasteiger partial charge < -0.3 is 14.4 Å². The van der Waals surface area contributed by atoms with Gasteiger partial charge in [-0.1, -0.05) is 18.2 Å². The van der Waals surface area contributed by atoms with Gasteiger partial charge in [-0.15, -0.1) is 0 Å². The molecule has 1 atom stereocenters. The average molecular weight is 288 g/mol. The maximum atomic E-state index is 11.4. The van der Waals surface area contributed by atoms with E-state index >= 15 is 0 Å². The van der Waals surface area contributed by atoms with Gasteiger partial charge in [0, 0.05) is 36.6 Å². The number of likely N-dealkylation sites (tertiary alicyclic amines) is 1. The number of benzene rings is 1. The molecule has 1 aromatic heterocycles. The molecule has 0 bridgehead atoms. The molecule has 2 heterocycles. The fraction of sp³-hybridized carbons (Fsp3) is 0.438. The van der Waals surface area contributed by atoms with E-state index in [9.17, 15) is 9.90 Å². The van der Waals surface area contributed by atoms with Crippen LogP contribution in [-0.4, -0.2) is 54.1 Å². The van der Waals surface area contributed by atoms with E-state index in [1.807, 2.05) is 24.3 Å². The Balaban J connectivity index is 1.89. The Hall–Kier alpha value is -1.85. The molecule has 0 spiro atoms. The van der Waals surface area contributed by atoms with Crippen LogP contribution in [0.1, 0.15) is 22.5 Å². The highest BCUT2D eigenvalue weighted by atomic mass is 16.4. The van der Waals surface area contributed by atoms with Crippen molar-refractivity contribution in [1.82, 2.24) is 9.80 Å². The molecular formula is C16H20N2O3. The van der Waals surface area contributed by atoms with Crippen LogP contribution in [0.15, 0.2) is 28.7 Å². The van der Waals surface area contributed by atoms with Gasteiger partial charge >= 0.3 is 5.97 Å². The Morgan fingerprint density at radius 1 is 1.43 bits per heavy atom. The molecule has 0 amide bonds. The van der Waals surface area contributed by atoms with Crippen LogP contribution in [-0.2, 0) is 6.54 Å². The third kappa shape index (κ3) is 2.66. The Morgan fingerprint density at radius 2 is 2.19 bits per heavy atom. The first kappa shape index (κ1) is 14.1. The molecule has 3 rings (SSSR count). The number of furan rings is 1. The number of hydrogen-bond acceptors (Lipinski definition) is 4. The molecule has 1 aliphatic rings. The molecule has 1 saturated heterocycles. The van der Waals surface area contributed by atoms with Crippen LogP contribution in [0.2, 0.25) is 0 Å². The molecule has 1 aromatic carbocycles. The number of hydrogen-bond donors (Lipinski definition) is 1. The number of aromatic carboxylic acids is 1. The summed E-state index contributed by atoms with van der Waals surface area (Å²) in [6.45, 7) is 2.58. The summed E-state index contributed by atoms with van der Waals surface area (Å²) in [5.41, 5.74) is 1.44. The zero-order chi connectivity index (χ0) is 15.0. The van der Waals surface area contributed by atoms with Gasteiger partial charge in [0.15, 0.2) is 0 Å². The summed E-state index contributed by atoms with van der Waals surface area (Å²) in [4.78, 5) is 15.9. The molecule has 112 valence electrons. The number of para-hydroxylation sites is 1. The van der Waals surface area contributed by atoms with Gasteiger partial charge in [-0.05, 0) is 26.6 Å². The fourth-order valence-electron chi connectivity index (χ4n) is 3.03. The molecular weight excluding hydrogens is 268 g/mol. The van der Waals surface area contributed by atoms with Crippen molar-refractivity contribution >= 4 is 16.9 Å². The molecule has 0 radical (unpaired) electrons. The zero-order valence-corrected chi connectivity index (χ0v) is 12.4. The zero-order valence-electron chi connectivity index (χ0n) is 12.4. The van der Waals surface area contributed by atoms with E-state index in [1.165, 1.54) is 0 Å². The summed E-state index contributed by atoms with van der Waals surface area (Å²) < 4.78 is 5.51. The topological polar surface area (TPSA) is 56.9 Å². The van der Waals surface area contributed by atoms with E-state index in [4.69, 9.17) is 4.42 Å². The molecule has 0 aliphatic carbocycles. The van der Waals surface area contributed by atoms with Crippen molar-refractivity contribution in [2.75, 3.05) is 27.2 Å². The van der Waals surface area contributed by atoms with Gasteiger partial charge in [0.05, 0.1) is 0 Å². The van der Waals surface area contributed by atoms with Crippen LogP contribution in [0.3, 0.4) is 0 Å². The van der Waals surface area contributed by atoms with Crippen molar-refractivity contribution in [2.45, 2.75) is 19.0 Å². The Morgan fingerprint density at radius 3 is 2.86 bits per heavy atom. The predicted molar refractivity (Wildman–Crippen MR) is 80.5 cm³/mol. The number of carbonyl (C=O) groups is 1. The number of rotatable bonds is 4. The highest BCUT2D eigenvalue weighted by Gasteiger charge is 2.27. The van der Waals surface area contributed by atoms with Gasteiger partial charge in [0.1, 0.15) is 5.58 Å². The SMILES string of the molecule is CN(C)C1CCN(Cc2c(C(=O)O)oc3ccccc23)C1. The van der Waals surface area contributed by atoms with E-state index in [0.717, 1.165) is 30.5 Å². The van der Waals surface area contributed by atoms with Crippen LogP contribution < -0.4 is 0 Å². The minimum atomic E-state index is -0.996. The predicted octanol–water partition coefficient (Wildman–Crippen LogP) is 2.27. The molecule has 5 nitrogen and oxygen atoms in total. The number of nitrogens with zero attached hydrogens (tertiary/aromatic N) is 2. The summed E-state index contributed by atoms with van der Waals surface area (Å²) in [6, 6.07) is 8.06. The number of likely N-dealkylation sites (N-methyl/N-ethyl adjacent to an activating group) is 1. The van der Waals surface area contributed by atoms with Crippen molar-refractivity contribution < 1.29 is 14.3 Å². The molecule has 21 heavy (non-hydrogen) atoms. The smallest absolute Gasteiger partial charge is 0.372 e. The largest absolute Gasteiger partial charge is 0.475 e. The van der Waals surface area contributed by atoms with Crippen molar-refractivity contribution in [3.05, 3.63) is 35.6 Å². The number of fused-ring (bicyclic) bond motifs is 1. The monoisotopic (exact) mass is 288 g/mol. The number of carboxylic acid groups (broad SMARTS) is 1. The summed E-state index contributed by atoms with van der Waals surface area (Å²) in [7, 11) is 4.17. The van der Waals surface area contributed by atoms with Crippen LogP contribution in [0.5, 0.6) is 0 Å². The second kappa shape index (κ2) is 5.50. The second-order valence-corrected chi connectivity index (χ2v) is 5.85. The third-order valence-electron chi connectivity index (χ3n) is 4.25. The summed E-state index contributed by atoms with van der Waals surface area (Å²) in [5.74, 6) is -0.922. The highest BCUT2D eigenvalue weighted by molar-refractivity contribution is 5.95. The van der Waals surface area contributed by atoms with Gasteiger partial charge in [0.25, 0.3) is 0 Å². The first-order valence-electron chi connectivity index (χ1n) is 7.18. The van der Waals surface area contributed by atoms with Gasteiger partial charge in [-0.3, -0.25) is 4.90 Å². The van der Waals surface area contributed by atoms with Crippen LogP contribution >= 0.6 is 0 Å². The summed E-state index contributed by atoms with van der Waals surface area (Å²) in [6.07, 6.45) is 1.12. The quantitative estimate of drug-likeness (QED) is 0.935. The lowest BCUT2D eigenvalue weighted by atomic mass is 10.1. The number of carboxylic acids is 1. The molecule has 0 saturated carbocycles. The molecule has 5 heteroatoms. The fourth-order valence-corrected chi connectivity index (χ4v) is 3.03. The van der Waals surface area contributed by atoms with E-state index in [-0.39, 0.29) is 5.76 Å². The Kier molecular flexibility index (Phi) is 3.69. The molecule has 2 aromatic rings. The second-order valence-electron chi connectivity index (χ2n) is 5.85. The minimum absolute atomic E-state index is 0.0736. The van der Waals surface area contributed by atoms with E-state index in [1.54, 1.807) is 0 Å². The molecule has 1 fully saturated rings. The van der Waals surface area contributed by atoms with Crippen molar-refractivity contribution in [3.63, 3.8) is 0 Å². The summed E-state index contributed by atoms with van der Waals surface area (Å²) >= 11 is 0. The van der Waals surface area contributed by atoms with E-state index in [0.29, 0.717) is 18.2 Å². The van der Waals surface area contributed by atoms with E-state index < -0.39 is 5.97 Å². The Labute approximate surface area is 123 Å². The van der Waals surface area contributed by atoms with Crippen LogP contribution in [0, 0.1) is 0 Å².